The molecule has 3 rings (SSSR count). The molecule has 0 aromatic carbocycles. The summed E-state index contributed by atoms with van der Waals surface area (Å²) in [6.45, 7) is 8.92. The smallest absolute Gasteiger partial charge is 0.224 e. The average Bonchev–Trinajstić information content (AvgIpc) is 3.41. The van der Waals surface area contributed by atoms with E-state index in [0.717, 1.165) is 71.3 Å². The Morgan fingerprint density at radius 2 is 2.38 bits per heavy atom. The van der Waals surface area contributed by atoms with Crippen molar-refractivity contribution in [1.29, 1.82) is 0 Å². The molecule has 0 spiro atoms. The fourth-order valence-corrected chi connectivity index (χ4v) is 4.46. The predicted octanol–water partition coefficient (Wildman–Crippen LogP) is 2.02. The first-order valence-electron chi connectivity index (χ1n) is 10.8. The van der Waals surface area contributed by atoms with Crippen molar-refractivity contribution in [3.8, 4) is 0 Å². The Hall–Kier alpha value is -1.64. The minimum absolute atomic E-state index is 0.203. The summed E-state index contributed by atoms with van der Waals surface area (Å²) in [7, 11) is 0. The van der Waals surface area contributed by atoms with Crippen molar-refractivity contribution in [2.45, 2.75) is 39.2 Å². The van der Waals surface area contributed by atoms with Crippen LogP contribution in [0.3, 0.4) is 0 Å². The molecule has 1 fully saturated rings. The van der Waals surface area contributed by atoms with Crippen LogP contribution >= 0.6 is 11.3 Å². The molecular weight excluding hydrogens is 388 g/mol. The standard InChI is InChI=1S/C21H34N4O3S/c1-2-22-21(23-8-3-11-27-15-17-6-12-28-16-17)24-9-4-20(26)25-10-5-19-18(14-25)7-13-29-19/h7,13,17H,2-6,8-12,14-16H2,1H3,(H2,22,23,24). The zero-order chi connectivity index (χ0) is 20.3. The molecule has 0 bridgehead atoms. The highest BCUT2D eigenvalue weighted by Crippen LogP contribution is 2.24. The fourth-order valence-electron chi connectivity index (χ4n) is 3.57. The van der Waals surface area contributed by atoms with Gasteiger partial charge in [0.1, 0.15) is 0 Å². The summed E-state index contributed by atoms with van der Waals surface area (Å²) in [6.07, 6.45) is 3.46. The van der Waals surface area contributed by atoms with Crippen molar-refractivity contribution in [3.05, 3.63) is 21.9 Å². The van der Waals surface area contributed by atoms with Gasteiger partial charge in [0.05, 0.1) is 13.2 Å². The molecule has 0 radical (unpaired) electrons. The van der Waals surface area contributed by atoms with E-state index in [1.807, 2.05) is 11.8 Å². The maximum atomic E-state index is 12.5. The third-order valence-electron chi connectivity index (χ3n) is 5.23. The Balaban J connectivity index is 1.30. The van der Waals surface area contributed by atoms with Crippen LogP contribution in [0.4, 0.5) is 0 Å². The number of aliphatic imine (C=N–C) groups is 1. The zero-order valence-corrected chi connectivity index (χ0v) is 18.3. The monoisotopic (exact) mass is 422 g/mol. The third kappa shape index (κ3) is 7.28. The molecule has 2 N–H and O–H groups in total. The van der Waals surface area contributed by atoms with Crippen molar-refractivity contribution in [1.82, 2.24) is 15.5 Å². The maximum absolute atomic E-state index is 12.5. The molecule has 1 saturated heterocycles. The van der Waals surface area contributed by atoms with E-state index in [2.05, 4.69) is 27.1 Å². The molecule has 2 aliphatic heterocycles. The Morgan fingerprint density at radius 1 is 1.45 bits per heavy atom. The van der Waals surface area contributed by atoms with Crippen LogP contribution in [0, 0.1) is 5.92 Å². The number of hydrogen-bond donors (Lipinski definition) is 2. The van der Waals surface area contributed by atoms with E-state index in [4.69, 9.17) is 9.47 Å². The first-order valence-corrected chi connectivity index (χ1v) is 11.6. The number of nitrogens with one attached hydrogen (secondary N) is 2. The number of thiophene rings is 1. The molecule has 2 aliphatic rings. The van der Waals surface area contributed by atoms with E-state index in [-0.39, 0.29) is 5.91 Å². The highest BCUT2D eigenvalue weighted by atomic mass is 32.1. The molecular formula is C21H34N4O3S. The van der Waals surface area contributed by atoms with Gasteiger partial charge in [-0.15, -0.1) is 11.3 Å². The topological polar surface area (TPSA) is 75.2 Å². The average molecular weight is 423 g/mol. The van der Waals surface area contributed by atoms with Gasteiger partial charge in [-0.05, 0) is 43.2 Å². The van der Waals surface area contributed by atoms with Crippen LogP contribution in [-0.4, -0.2) is 69.4 Å². The second-order valence-corrected chi connectivity index (χ2v) is 8.53. The quantitative estimate of drug-likeness (QED) is 0.343. The van der Waals surface area contributed by atoms with Gasteiger partial charge in [-0.1, -0.05) is 0 Å². The lowest BCUT2D eigenvalue weighted by Crippen LogP contribution is -2.41. The maximum Gasteiger partial charge on any atom is 0.224 e. The number of carbonyl (C=O) groups excluding carboxylic acids is 1. The molecule has 8 heteroatoms. The Morgan fingerprint density at radius 3 is 3.21 bits per heavy atom. The summed E-state index contributed by atoms with van der Waals surface area (Å²) in [6, 6.07) is 2.14. The first kappa shape index (κ1) is 22.1. The van der Waals surface area contributed by atoms with E-state index in [1.165, 1.54) is 10.4 Å². The molecule has 162 valence electrons. The Labute approximate surface area is 177 Å². The van der Waals surface area contributed by atoms with Crippen LogP contribution in [0.5, 0.6) is 0 Å². The SMILES string of the molecule is CCNC(=NCCCOCC1CCOC1)NCCC(=O)N1CCc2sccc2C1. The van der Waals surface area contributed by atoms with Crippen LogP contribution in [0.1, 0.15) is 36.6 Å². The molecule has 0 aliphatic carbocycles. The molecule has 0 saturated carbocycles. The van der Waals surface area contributed by atoms with Crippen molar-refractivity contribution in [2.24, 2.45) is 10.9 Å². The summed E-state index contributed by atoms with van der Waals surface area (Å²) in [4.78, 5) is 20.5. The Kier molecular flexibility index (Phi) is 9.24. The van der Waals surface area contributed by atoms with Crippen molar-refractivity contribution < 1.29 is 14.3 Å². The summed E-state index contributed by atoms with van der Waals surface area (Å²) in [5, 5.41) is 8.63. The molecule has 3 heterocycles. The van der Waals surface area contributed by atoms with Gasteiger partial charge < -0.3 is 25.0 Å². The van der Waals surface area contributed by atoms with Gasteiger partial charge in [-0.25, -0.2) is 0 Å². The van der Waals surface area contributed by atoms with Gasteiger partial charge in [-0.3, -0.25) is 9.79 Å². The number of carbonyl (C=O) groups is 1. The number of rotatable bonds is 10. The molecule has 29 heavy (non-hydrogen) atoms. The predicted molar refractivity (Wildman–Crippen MR) is 116 cm³/mol. The number of ether oxygens (including phenoxy) is 2. The molecule has 1 aromatic rings. The van der Waals surface area contributed by atoms with Crippen LogP contribution in [0.2, 0.25) is 0 Å². The number of fused-ring (bicyclic) bond motifs is 1. The van der Waals surface area contributed by atoms with Gasteiger partial charge in [0.15, 0.2) is 5.96 Å². The normalized spacial score (nSPS) is 19.3. The van der Waals surface area contributed by atoms with Crippen LogP contribution in [0.25, 0.3) is 0 Å². The van der Waals surface area contributed by atoms with Gasteiger partial charge in [-0.2, -0.15) is 0 Å². The van der Waals surface area contributed by atoms with Crippen molar-refractivity contribution >= 4 is 23.2 Å². The minimum Gasteiger partial charge on any atom is -0.381 e. The van der Waals surface area contributed by atoms with E-state index in [0.29, 0.717) is 25.4 Å². The number of nitrogens with zero attached hydrogens (tertiary/aromatic N) is 2. The summed E-state index contributed by atoms with van der Waals surface area (Å²) < 4.78 is 11.1. The molecule has 7 nitrogen and oxygen atoms in total. The zero-order valence-electron chi connectivity index (χ0n) is 17.5. The molecule has 1 aromatic heterocycles. The van der Waals surface area contributed by atoms with E-state index < -0.39 is 0 Å². The van der Waals surface area contributed by atoms with Crippen molar-refractivity contribution in [3.63, 3.8) is 0 Å². The molecule has 1 unspecified atom stereocenters. The summed E-state index contributed by atoms with van der Waals surface area (Å²) in [5.74, 6) is 1.53. The number of amides is 1. The summed E-state index contributed by atoms with van der Waals surface area (Å²) in [5.41, 5.74) is 1.31. The lowest BCUT2D eigenvalue weighted by atomic mass is 10.1. The van der Waals surface area contributed by atoms with E-state index >= 15 is 0 Å². The third-order valence-corrected chi connectivity index (χ3v) is 6.25. The van der Waals surface area contributed by atoms with Crippen molar-refractivity contribution in [2.75, 3.05) is 52.6 Å². The number of hydrogen-bond acceptors (Lipinski definition) is 5. The van der Waals surface area contributed by atoms with Gasteiger partial charge in [0.25, 0.3) is 0 Å². The van der Waals surface area contributed by atoms with Gasteiger partial charge >= 0.3 is 0 Å². The second-order valence-electron chi connectivity index (χ2n) is 7.53. The lowest BCUT2D eigenvalue weighted by molar-refractivity contribution is -0.131. The van der Waals surface area contributed by atoms with E-state index in [9.17, 15) is 4.79 Å². The van der Waals surface area contributed by atoms with E-state index in [1.54, 1.807) is 11.3 Å². The van der Waals surface area contributed by atoms with Gasteiger partial charge in [0, 0.05) is 63.2 Å². The highest BCUT2D eigenvalue weighted by molar-refractivity contribution is 7.10. The molecule has 1 atom stereocenters. The minimum atomic E-state index is 0.203. The first-order chi connectivity index (χ1) is 14.3. The highest BCUT2D eigenvalue weighted by Gasteiger charge is 2.21. The lowest BCUT2D eigenvalue weighted by Gasteiger charge is -2.27. The van der Waals surface area contributed by atoms with Crippen LogP contribution in [0.15, 0.2) is 16.4 Å². The largest absolute Gasteiger partial charge is 0.381 e. The fraction of sp³-hybridized carbons (Fsp3) is 0.714. The summed E-state index contributed by atoms with van der Waals surface area (Å²) >= 11 is 1.80. The van der Waals surface area contributed by atoms with Crippen LogP contribution in [-0.2, 0) is 27.2 Å². The second kappa shape index (κ2) is 12.1. The number of guanidine groups is 1. The Bertz CT molecular complexity index is 658. The van der Waals surface area contributed by atoms with Crippen LogP contribution < -0.4 is 10.6 Å². The molecule has 1 amide bonds. The van der Waals surface area contributed by atoms with Gasteiger partial charge in [0.2, 0.25) is 5.91 Å².